The van der Waals surface area contributed by atoms with Crippen molar-refractivity contribution in [1.82, 2.24) is 25.1 Å². The molecule has 0 fully saturated rings. The fraction of sp³-hybridized carbons (Fsp3) is 0.303. The van der Waals surface area contributed by atoms with Crippen molar-refractivity contribution in [1.29, 1.82) is 0 Å². The minimum absolute atomic E-state index is 0.240. The van der Waals surface area contributed by atoms with Gasteiger partial charge in [0, 0.05) is 29.4 Å². The average molecular weight is 552 g/mol. The highest BCUT2D eigenvalue weighted by atomic mass is 16.5. The SMILES string of the molecule is COc1ccc(Cn2c(CCc3ccccc3)nnc2C(NC(=O)O)[C@@H](c2c[nH]c3ccccc23)C(C)(C)C)cc1. The van der Waals surface area contributed by atoms with Gasteiger partial charge in [-0.25, -0.2) is 4.79 Å². The molecule has 0 saturated carbocycles. The molecule has 5 aromatic rings. The first-order valence-corrected chi connectivity index (χ1v) is 13.9. The molecule has 0 radical (unpaired) electrons. The maximum Gasteiger partial charge on any atom is 0.405 e. The lowest BCUT2D eigenvalue weighted by Crippen LogP contribution is -2.38. The third-order valence-electron chi connectivity index (χ3n) is 7.62. The summed E-state index contributed by atoms with van der Waals surface area (Å²) in [6.07, 6.45) is 2.36. The van der Waals surface area contributed by atoms with Crippen LogP contribution in [0.5, 0.6) is 5.75 Å². The molecule has 2 heterocycles. The van der Waals surface area contributed by atoms with E-state index in [-0.39, 0.29) is 11.3 Å². The predicted octanol–water partition coefficient (Wildman–Crippen LogP) is 6.74. The summed E-state index contributed by atoms with van der Waals surface area (Å²) in [5.41, 5.74) is 3.98. The van der Waals surface area contributed by atoms with Gasteiger partial charge in [0.2, 0.25) is 0 Å². The van der Waals surface area contributed by atoms with Crippen LogP contribution in [0.15, 0.2) is 85.1 Å². The van der Waals surface area contributed by atoms with Gasteiger partial charge in [-0.1, -0.05) is 81.4 Å². The Morgan fingerprint density at radius 1 is 0.951 bits per heavy atom. The minimum Gasteiger partial charge on any atom is -0.497 e. The van der Waals surface area contributed by atoms with Gasteiger partial charge >= 0.3 is 6.09 Å². The summed E-state index contributed by atoms with van der Waals surface area (Å²) in [5.74, 6) is 1.94. The number of aromatic amines is 1. The first kappa shape index (κ1) is 28.0. The second-order valence-corrected chi connectivity index (χ2v) is 11.5. The summed E-state index contributed by atoms with van der Waals surface area (Å²) in [7, 11) is 1.65. The lowest BCUT2D eigenvalue weighted by atomic mass is 9.72. The number of rotatable bonds is 10. The number of methoxy groups -OCH3 is 1. The largest absolute Gasteiger partial charge is 0.497 e. The fourth-order valence-corrected chi connectivity index (χ4v) is 5.68. The van der Waals surface area contributed by atoms with Gasteiger partial charge in [-0.05, 0) is 46.7 Å². The van der Waals surface area contributed by atoms with Crippen LogP contribution in [-0.4, -0.2) is 38.1 Å². The number of benzene rings is 3. The number of hydrogen-bond acceptors (Lipinski definition) is 4. The average Bonchev–Trinajstić information content (AvgIpc) is 3.56. The molecule has 8 heteroatoms. The molecule has 5 rings (SSSR count). The maximum atomic E-state index is 12.3. The van der Waals surface area contributed by atoms with Gasteiger partial charge in [0.1, 0.15) is 11.6 Å². The van der Waals surface area contributed by atoms with Crippen LogP contribution >= 0.6 is 0 Å². The molecule has 1 amide bonds. The van der Waals surface area contributed by atoms with E-state index < -0.39 is 12.1 Å². The van der Waals surface area contributed by atoms with Crippen LogP contribution in [0, 0.1) is 5.41 Å². The Morgan fingerprint density at radius 3 is 2.34 bits per heavy atom. The lowest BCUT2D eigenvalue weighted by Gasteiger charge is -2.37. The van der Waals surface area contributed by atoms with Gasteiger partial charge in [0.15, 0.2) is 5.82 Å². The van der Waals surface area contributed by atoms with Crippen molar-refractivity contribution in [3.05, 3.63) is 113 Å². The zero-order valence-corrected chi connectivity index (χ0v) is 24.0. The molecule has 0 saturated heterocycles. The number of aromatic nitrogens is 4. The van der Waals surface area contributed by atoms with Crippen LogP contribution in [0.2, 0.25) is 0 Å². The van der Waals surface area contributed by atoms with Crippen molar-refractivity contribution in [3.8, 4) is 5.75 Å². The van der Waals surface area contributed by atoms with E-state index in [0.29, 0.717) is 18.8 Å². The van der Waals surface area contributed by atoms with Crippen LogP contribution in [0.4, 0.5) is 4.79 Å². The Bertz CT molecular complexity index is 1600. The molecular weight excluding hydrogens is 514 g/mol. The molecule has 8 nitrogen and oxygen atoms in total. The van der Waals surface area contributed by atoms with E-state index >= 15 is 0 Å². The first-order valence-electron chi connectivity index (χ1n) is 13.9. The molecule has 0 aliphatic rings. The van der Waals surface area contributed by atoms with Crippen LogP contribution in [-0.2, 0) is 19.4 Å². The van der Waals surface area contributed by atoms with Crippen LogP contribution in [0.3, 0.4) is 0 Å². The van der Waals surface area contributed by atoms with E-state index in [1.165, 1.54) is 5.56 Å². The number of carbonyl (C=O) groups is 1. The van der Waals surface area contributed by atoms with Gasteiger partial charge in [-0.2, -0.15) is 0 Å². The van der Waals surface area contributed by atoms with E-state index in [2.05, 4.69) is 64.0 Å². The molecule has 3 N–H and O–H groups in total. The number of nitrogens with zero attached hydrogens (tertiary/aromatic N) is 3. The third-order valence-corrected chi connectivity index (χ3v) is 7.62. The molecule has 0 bridgehead atoms. The highest BCUT2D eigenvalue weighted by Gasteiger charge is 2.40. The predicted molar refractivity (Wildman–Crippen MR) is 160 cm³/mol. The van der Waals surface area contributed by atoms with Crippen molar-refractivity contribution in [3.63, 3.8) is 0 Å². The molecule has 2 aromatic heterocycles. The number of H-pyrrole nitrogens is 1. The van der Waals surface area contributed by atoms with Crippen LogP contribution in [0.1, 0.15) is 61.1 Å². The minimum atomic E-state index is -1.10. The highest BCUT2D eigenvalue weighted by Crippen LogP contribution is 2.46. The molecule has 0 aliphatic heterocycles. The zero-order chi connectivity index (χ0) is 29.0. The summed E-state index contributed by atoms with van der Waals surface area (Å²) in [4.78, 5) is 15.7. The number of para-hydroxylation sites is 1. The number of ether oxygens (including phenoxy) is 1. The van der Waals surface area contributed by atoms with E-state index in [9.17, 15) is 9.90 Å². The normalized spacial score (nSPS) is 13.2. The topological polar surface area (TPSA) is 105 Å². The molecule has 41 heavy (non-hydrogen) atoms. The summed E-state index contributed by atoms with van der Waals surface area (Å²) in [6, 6.07) is 25.6. The molecule has 212 valence electrons. The molecular formula is C33H37N5O3. The molecule has 0 spiro atoms. The lowest BCUT2D eigenvalue weighted by molar-refractivity contribution is 0.176. The summed E-state index contributed by atoms with van der Waals surface area (Å²) < 4.78 is 7.44. The van der Waals surface area contributed by atoms with Gasteiger partial charge < -0.3 is 24.7 Å². The van der Waals surface area contributed by atoms with Crippen LogP contribution < -0.4 is 10.1 Å². The van der Waals surface area contributed by atoms with E-state index in [4.69, 9.17) is 4.74 Å². The second-order valence-electron chi connectivity index (χ2n) is 11.5. The Morgan fingerprint density at radius 2 is 1.66 bits per heavy atom. The number of hydrogen-bond donors (Lipinski definition) is 3. The number of aryl methyl sites for hydroxylation is 2. The van der Waals surface area contributed by atoms with Crippen molar-refractivity contribution in [2.45, 2.75) is 52.1 Å². The Balaban J connectivity index is 1.62. The molecule has 0 aliphatic carbocycles. The quantitative estimate of drug-likeness (QED) is 0.178. The maximum absolute atomic E-state index is 12.3. The third kappa shape index (κ3) is 6.27. The van der Waals surface area contributed by atoms with Gasteiger partial charge in [-0.15, -0.1) is 10.2 Å². The van der Waals surface area contributed by atoms with Crippen molar-refractivity contribution in [2.75, 3.05) is 7.11 Å². The number of fused-ring (bicyclic) bond motifs is 1. The molecule has 2 atom stereocenters. The molecule has 3 aromatic carbocycles. The molecule has 1 unspecified atom stereocenters. The van der Waals surface area contributed by atoms with Gasteiger partial charge in [-0.3, -0.25) is 0 Å². The number of amides is 1. The monoisotopic (exact) mass is 551 g/mol. The Hall–Kier alpha value is -4.59. The van der Waals surface area contributed by atoms with E-state index in [0.717, 1.165) is 40.0 Å². The van der Waals surface area contributed by atoms with E-state index in [1.807, 2.05) is 66.9 Å². The van der Waals surface area contributed by atoms with Crippen molar-refractivity contribution < 1.29 is 14.6 Å². The smallest absolute Gasteiger partial charge is 0.405 e. The van der Waals surface area contributed by atoms with Crippen molar-refractivity contribution in [2.24, 2.45) is 5.41 Å². The number of nitrogens with one attached hydrogen (secondary N) is 2. The highest BCUT2D eigenvalue weighted by molar-refractivity contribution is 5.84. The summed E-state index contributed by atoms with van der Waals surface area (Å²) >= 11 is 0. The van der Waals surface area contributed by atoms with Crippen molar-refractivity contribution >= 4 is 17.0 Å². The Labute approximate surface area is 240 Å². The fourth-order valence-electron chi connectivity index (χ4n) is 5.68. The van der Waals surface area contributed by atoms with Gasteiger partial charge in [0.05, 0.1) is 19.7 Å². The van der Waals surface area contributed by atoms with Crippen LogP contribution in [0.25, 0.3) is 10.9 Å². The first-order chi connectivity index (χ1) is 19.7. The van der Waals surface area contributed by atoms with E-state index in [1.54, 1.807) is 7.11 Å². The number of carboxylic acid groups (broad SMARTS) is 1. The summed E-state index contributed by atoms with van der Waals surface area (Å²) in [6.45, 7) is 6.91. The van der Waals surface area contributed by atoms with Gasteiger partial charge in [0.25, 0.3) is 0 Å². The second kappa shape index (κ2) is 11.9. The zero-order valence-electron chi connectivity index (χ0n) is 24.0. The summed E-state index contributed by atoms with van der Waals surface area (Å²) in [5, 5.41) is 23.3. The Kier molecular flexibility index (Phi) is 8.10. The standard InChI is InChI=1S/C33H37N5O3/c1-33(2,3)29(26-20-34-27-13-9-8-12-25(26)27)30(35-32(39)40)31-37-36-28(19-16-22-10-6-5-7-11-22)38(31)21-23-14-17-24(41-4)18-15-23/h5-15,17-18,20,29-30,34-35H,16,19,21H2,1-4H3,(H,39,40)/t29-,30?/m1/s1.